The van der Waals surface area contributed by atoms with E-state index in [0.717, 1.165) is 0 Å². The molecular formula is C6H12N2O2S. The van der Waals surface area contributed by atoms with Crippen LogP contribution in [0.1, 0.15) is 6.92 Å². The van der Waals surface area contributed by atoms with Gasteiger partial charge in [-0.1, -0.05) is 6.92 Å². The number of rotatable bonds is 4. The molecule has 5 heteroatoms. The Bertz CT molecular complexity index is 161. The second kappa shape index (κ2) is 5.03. The molecule has 4 nitrogen and oxygen atoms in total. The quantitative estimate of drug-likeness (QED) is 0.559. The van der Waals surface area contributed by atoms with Crippen LogP contribution in [0.5, 0.6) is 0 Å². The number of hydrogen-bond acceptors (Lipinski definition) is 4. The second-order valence-electron chi connectivity index (χ2n) is 2.03. The molecule has 0 bridgehead atoms. The molecule has 0 rings (SSSR count). The van der Waals surface area contributed by atoms with Crippen molar-refractivity contribution in [1.82, 2.24) is 0 Å². The Morgan fingerprint density at radius 2 is 2.27 bits per heavy atom. The fourth-order valence-corrected chi connectivity index (χ4v) is 1.08. The number of carboxylic acids is 1. The summed E-state index contributed by atoms with van der Waals surface area (Å²) < 4.78 is 0. The zero-order chi connectivity index (χ0) is 8.85. The van der Waals surface area contributed by atoms with Crippen molar-refractivity contribution in [2.24, 2.45) is 11.5 Å². The maximum Gasteiger partial charge on any atom is 0.321 e. The Labute approximate surface area is 69.6 Å². The molecule has 0 aromatic carbocycles. The summed E-state index contributed by atoms with van der Waals surface area (Å²) in [6, 6.07) is -0.837. The first kappa shape index (κ1) is 10.3. The summed E-state index contributed by atoms with van der Waals surface area (Å²) in [7, 11) is 0. The summed E-state index contributed by atoms with van der Waals surface area (Å²) in [6.45, 7) is 1.74. The molecule has 0 aliphatic rings. The zero-order valence-electron chi connectivity index (χ0n) is 6.23. The van der Waals surface area contributed by atoms with Crippen LogP contribution in [0.2, 0.25) is 0 Å². The van der Waals surface area contributed by atoms with Crippen molar-refractivity contribution in [3.8, 4) is 0 Å². The smallest absolute Gasteiger partial charge is 0.321 e. The number of carboxylic acid groups (broad SMARTS) is 1. The van der Waals surface area contributed by atoms with E-state index < -0.39 is 12.0 Å². The Kier molecular flexibility index (Phi) is 4.72. The van der Waals surface area contributed by atoms with Crippen LogP contribution in [0.15, 0.2) is 11.6 Å². The third kappa shape index (κ3) is 3.90. The van der Waals surface area contributed by atoms with Crippen molar-refractivity contribution < 1.29 is 9.90 Å². The minimum Gasteiger partial charge on any atom is -0.480 e. The summed E-state index contributed by atoms with van der Waals surface area (Å²) in [4.78, 5) is 10.3. The molecule has 0 aromatic heterocycles. The van der Waals surface area contributed by atoms with Crippen molar-refractivity contribution >= 4 is 17.7 Å². The van der Waals surface area contributed by atoms with Gasteiger partial charge in [0.1, 0.15) is 6.04 Å². The average molecular weight is 176 g/mol. The molecule has 5 N–H and O–H groups in total. The van der Waals surface area contributed by atoms with Crippen LogP contribution in [0, 0.1) is 0 Å². The van der Waals surface area contributed by atoms with Gasteiger partial charge in [-0.3, -0.25) is 4.79 Å². The highest BCUT2D eigenvalue weighted by atomic mass is 32.2. The van der Waals surface area contributed by atoms with Crippen molar-refractivity contribution in [2.45, 2.75) is 18.2 Å². The van der Waals surface area contributed by atoms with Gasteiger partial charge in [-0.05, 0) is 5.41 Å². The van der Waals surface area contributed by atoms with Crippen molar-refractivity contribution in [3.63, 3.8) is 0 Å². The van der Waals surface area contributed by atoms with Gasteiger partial charge in [0.2, 0.25) is 0 Å². The van der Waals surface area contributed by atoms with E-state index >= 15 is 0 Å². The molecule has 0 aliphatic heterocycles. The van der Waals surface area contributed by atoms with Gasteiger partial charge >= 0.3 is 5.97 Å². The van der Waals surface area contributed by atoms with E-state index in [0.29, 0.717) is 0 Å². The molecule has 2 atom stereocenters. The first-order chi connectivity index (χ1) is 5.09. The maximum atomic E-state index is 10.3. The Hall–Kier alpha value is -0.680. The normalized spacial score (nSPS) is 16.5. The van der Waals surface area contributed by atoms with E-state index in [1.54, 1.807) is 12.3 Å². The second-order valence-corrected chi connectivity index (χ2v) is 3.32. The summed E-state index contributed by atoms with van der Waals surface area (Å²) >= 11 is 1.30. The highest BCUT2D eigenvalue weighted by Gasteiger charge is 2.18. The average Bonchev–Trinajstić information content (AvgIpc) is 1.98. The van der Waals surface area contributed by atoms with Gasteiger partial charge in [0.15, 0.2) is 0 Å². The van der Waals surface area contributed by atoms with Crippen LogP contribution in [0.3, 0.4) is 0 Å². The van der Waals surface area contributed by atoms with Crippen LogP contribution < -0.4 is 11.5 Å². The fourth-order valence-electron chi connectivity index (χ4n) is 0.455. The van der Waals surface area contributed by atoms with E-state index in [9.17, 15) is 4.79 Å². The number of carbonyl (C=O) groups is 1. The van der Waals surface area contributed by atoms with Crippen molar-refractivity contribution in [1.29, 1.82) is 0 Å². The van der Waals surface area contributed by atoms with Crippen LogP contribution in [0.4, 0.5) is 0 Å². The van der Waals surface area contributed by atoms with E-state index in [1.165, 1.54) is 18.0 Å². The van der Waals surface area contributed by atoms with Crippen molar-refractivity contribution in [3.05, 3.63) is 11.6 Å². The first-order valence-corrected chi connectivity index (χ1v) is 4.04. The molecule has 0 fully saturated rings. The molecule has 0 radical (unpaired) electrons. The van der Waals surface area contributed by atoms with Gasteiger partial charge in [-0.25, -0.2) is 0 Å². The topological polar surface area (TPSA) is 89.3 Å². The third-order valence-corrected chi connectivity index (χ3v) is 2.20. The lowest BCUT2D eigenvalue weighted by molar-refractivity contribution is -0.138. The standard InChI is InChI=1S/C6H12N2O2S/c1-4(11-3-2-7)5(8)6(9)10/h2-5H,7-8H2,1H3,(H,9,10)/t4?,5-/m1/s1. The molecule has 0 aromatic rings. The Morgan fingerprint density at radius 3 is 2.64 bits per heavy atom. The van der Waals surface area contributed by atoms with Gasteiger partial charge < -0.3 is 16.6 Å². The molecule has 11 heavy (non-hydrogen) atoms. The van der Waals surface area contributed by atoms with E-state index in [2.05, 4.69) is 0 Å². The van der Waals surface area contributed by atoms with Crippen LogP contribution in [0.25, 0.3) is 0 Å². The summed E-state index contributed by atoms with van der Waals surface area (Å²) in [6.07, 6.45) is 1.36. The predicted octanol–water partition coefficient (Wildman–Crippen LogP) is -0.0501. The molecule has 0 heterocycles. The largest absolute Gasteiger partial charge is 0.480 e. The Balaban J connectivity index is 3.82. The lowest BCUT2D eigenvalue weighted by Crippen LogP contribution is -2.38. The summed E-state index contributed by atoms with van der Waals surface area (Å²) in [5, 5.41) is 9.92. The fraction of sp³-hybridized carbons (Fsp3) is 0.500. The minimum atomic E-state index is -0.990. The minimum absolute atomic E-state index is 0.160. The first-order valence-electron chi connectivity index (χ1n) is 3.10. The predicted molar refractivity (Wildman–Crippen MR) is 46.0 cm³/mol. The van der Waals surface area contributed by atoms with Gasteiger partial charge in [0, 0.05) is 11.4 Å². The molecule has 0 saturated carbocycles. The summed E-state index contributed by atoms with van der Waals surface area (Å²) in [5.74, 6) is -0.990. The third-order valence-electron chi connectivity index (χ3n) is 1.16. The van der Waals surface area contributed by atoms with Gasteiger partial charge in [-0.15, -0.1) is 11.8 Å². The molecule has 1 unspecified atom stereocenters. The van der Waals surface area contributed by atoms with Crippen LogP contribution in [-0.4, -0.2) is 22.4 Å². The van der Waals surface area contributed by atoms with Crippen LogP contribution >= 0.6 is 11.8 Å². The molecule has 0 saturated heterocycles. The number of thioether (sulfide) groups is 1. The monoisotopic (exact) mass is 176 g/mol. The van der Waals surface area contributed by atoms with Gasteiger partial charge in [0.05, 0.1) is 0 Å². The molecule has 0 spiro atoms. The summed E-state index contributed by atoms with van der Waals surface area (Å²) in [5.41, 5.74) is 10.4. The lowest BCUT2D eigenvalue weighted by Gasteiger charge is -2.12. The SMILES string of the molecule is CC(SC=CN)[C@@H](N)C(=O)O. The molecule has 0 aliphatic carbocycles. The van der Waals surface area contributed by atoms with E-state index in [-0.39, 0.29) is 5.25 Å². The number of hydrogen-bond donors (Lipinski definition) is 3. The molecule has 0 amide bonds. The highest BCUT2D eigenvalue weighted by Crippen LogP contribution is 2.13. The van der Waals surface area contributed by atoms with Gasteiger partial charge in [0.25, 0.3) is 0 Å². The Morgan fingerprint density at radius 1 is 1.73 bits per heavy atom. The molecular weight excluding hydrogens is 164 g/mol. The number of nitrogens with two attached hydrogens (primary N) is 2. The lowest BCUT2D eigenvalue weighted by atomic mass is 10.2. The van der Waals surface area contributed by atoms with Crippen molar-refractivity contribution in [2.75, 3.05) is 0 Å². The number of aliphatic carboxylic acids is 1. The van der Waals surface area contributed by atoms with E-state index in [1.807, 2.05) is 0 Å². The zero-order valence-corrected chi connectivity index (χ0v) is 7.04. The van der Waals surface area contributed by atoms with E-state index in [4.69, 9.17) is 16.6 Å². The highest BCUT2D eigenvalue weighted by molar-refractivity contribution is 8.02. The molecule has 64 valence electrons. The van der Waals surface area contributed by atoms with Crippen LogP contribution in [-0.2, 0) is 4.79 Å². The van der Waals surface area contributed by atoms with Gasteiger partial charge in [-0.2, -0.15) is 0 Å². The maximum absolute atomic E-state index is 10.3.